The maximum Gasteiger partial charge on any atom is 0.338 e. The van der Waals surface area contributed by atoms with Crippen molar-refractivity contribution in [1.29, 1.82) is 0 Å². The molecule has 0 spiro atoms. The standard InChI is InChI=1S/C48H50O11S2/c49-45-37-27-31(47(51)58-33-7-3-1-4-8-33)11-15-41(37)60-43-17-13-35(29-39(43)45)56-25-23-54-21-19-53-20-22-55-24-26-57-36-14-18-44-40(30-36)46(50)38-28-32(12-16-42(38)61-44)48(52)59-34-9-5-2-6-10-34/h11-18,27-30,33-34H,1-10,19-26H2. The van der Waals surface area contributed by atoms with E-state index in [1.807, 2.05) is 36.4 Å². The molecule has 2 heterocycles. The summed E-state index contributed by atoms with van der Waals surface area (Å²) < 4.78 is 43.5. The molecule has 11 nitrogen and oxygen atoms in total. The second-order valence-corrected chi connectivity index (χ2v) is 17.6. The Hall–Kier alpha value is -4.92. The van der Waals surface area contributed by atoms with Gasteiger partial charge in [-0.25, -0.2) is 9.59 Å². The van der Waals surface area contributed by atoms with E-state index in [1.165, 1.54) is 35.5 Å². The number of fused-ring (bicyclic) bond motifs is 4. The molecule has 320 valence electrons. The lowest BCUT2D eigenvalue weighted by Gasteiger charge is -2.21. The maximum absolute atomic E-state index is 13.5. The van der Waals surface area contributed by atoms with Crippen LogP contribution in [-0.2, 0) is 23.7 Å². The molecule has 0 unspecified atom stereocenters. The van der Waals surface area contributed by atoms with Crippen LogP contribution in [0.15, 0.2) is 82.4 Å². The number of rotatable bonds is 18. The fraction of sp³-hybridized carbons (Fsp3) is 0.417. The molecule has 0 N–H and O–H groups in total. The molecule has 2 aliphatic carbocycles. The molecule has 0 atom stereocenters. The topological polar surface area (TPSA) is 133 Å². The average molecular weight is 867 g/mol. The molecule has 0 bridgehead atoms. The minimum atomic E-state index is -0.377. The predicted octanol–water partition coefficient (Wildman–Crippen LogP) is 9.63. The normalized spacial score (nSPS) is 15.1. The van der Waals surface area contributed by atoms with Crippen molar-refractivity contribution >= 4 is 75.0 Å². The van der Waals surface area contributed by atoms with E-state index in [0.717, 1.165) is 70.2 Å². The Morgan fingerprint density at radius 1 is 0.443 bits per heavy atom. The van der Waals surface area contributed by atoms with Crippen LogP contribution >= 0.6 is 22.7 Å². The zero-order chi connectivity index (χ0) is 42.0. The van der Waals surface area contributed by atoms with Crippen LogP contribution in [0.2, 0.25) is 0 Å². The van der Waals surface area contributed by atoms with Gasteiger partial charge in [-0.2, -0.15) is 0 Å². The summed E-state index contributed by atoms with van der Waals surface area (Å²) in [5.74, 6) is 0.380. The maximum atomic E-state index is 13.5. The van der Waals surface area contributed by atoms with Crippen molar-refractivity contribution in [3.63, 3.8) is 0 Å². The number of esters is 2. The Bertz CT molecular complexity index is 2430. The molecule has 13 heteroatoms. The Labute approximate surface area is 361 Å². The third-order valence-corrected chi connectivity index (χ3v) is 13.4. The SMILES string of the molecule is O=C(OC1CCCCC1)c1ccc2sc3ccc(OCCOCCOCCOCCOc4ccc5sc6ccc(C(=O)OC7CCCCC7)cc6c(=O)c5c4)cc3c(=O)c2c1. The molecule has 0 saturated heterocycles. The molecule has 0 aliphatic heterocycles. The van der Waals surface area contributed by atoms with Crippen molar-refractivity contribution in [2.75, 3.05) is 52.9 Å². The Morgan fingerprint density at radius 2 is 0.787 bits per heavy atom. The van der Waals surface area contributed by atoms with Crippen LogP contribution in [0.1, 0.15) is 84.9 Å². The largest absolute Gasteiger partial charge is 0.491 e. The highest BCUT2D eigenvalue weighted by Gasteiger charge is 2.21. The first kappa shape index (κ1) is 42.8. The molecule has 4 aromatic carbocycles. The van der Waals surface area contributed by atoms with Crippen LogP contribution < -0.4 is 20.3 Å². The van der Waals surface area contributed by atoms with Crippen LogP contribution in [0, 0.1) is 0 Å². The number of carbonyl (C=O) groups excluding carboxylic acids is 2. The number of hydrogen-bond acceptors (Lipinski definition) is 13. The summed E-state index contributed by atoms with van der Waals surface area (Å²) in [6.45, 7) is 2.88. The highest BCUT2D eigenvalue weighted by Crippen LogP contribution is 2.31. The molecular formula is C48H50O11S2. The lowest BCUT2D eigenvalue weighted by Crippen LogP contribution is -2.21. The zero-order valence-electron chi connectivity index (χ0n) is 34.1. The third kappa shape index (κ3) is 10.9. The van der Waals surface area contributed by atoms with Crippen LogP contribution in [0.25, 0.3) is 40.3 Å². The van der Waals surface area contributed by atoms with Gasteiger partial charge in [-0.1, -0.05) is 12.8 Å². The van der Waals surface area contributed by atoms with Crippen molar-refractivity contribution in [2.45, 2.75) is 76.4 Å². The first-order chi connectivity index (χ1) is 29.9. The van der Waals surface area contributed by atoms with Gasteiger partial charge in [-0.15, -0.1) is 22.7 Å². The predicted molar refractivity (Wildman–Crippen MR) is 239 cm³/mol. The van der Waals surface area contributed by atoms with Crippen LogP contribution in [-0.4, -0.2) is 77.0 Å². The summed E-state index contributed by atoms with van der Waals surface area (Å²) in [5, 5.41) is 2.08. The Kier molecular flexibility index (Phi) is 14.6. The van der Waals surface area contributed by atoms with Gasteiger partial charge in [0.15, 0.2) is 10.9 Å². The summed E-state index contributed by atoms with van der Waals surface area (Å²) in [6.07, 6.45) is 10.1. The van der Waals surface area contributed by atoms with E-state index < -0.39 is 0 Å². The molecule has 61 heavy (non-hydrogen) atoms. The van der Waals surface area contributed by atoms with Crippen molar-refractivity contribution in [2.24, 2.45) is 0 Å². The van der Waals surface area contributed by atoms with E-state index in [9.17, 15) is 19.2 Å². The number of hydrogen-bond donors (Lipinski definition) is 0. The lowest BCUT2D eigenvalue weighted by molar-refractivity contribution is 0.00500. The van der Waals surface area contributed by atoms with Gasteiger partial charge in [0.2, 0.25) is 0 Å². The Balaban J connectivity index is 0.715. The van der Waals surface area contributed by atoms with Gasteiger partial charge in [0.1, 0.15) is 36.9 Å². The van der Waals surface area contributed by atoms with E-state index >= 15 is 0 Å². The van der Waals surface area contributed by atoms with Crippen LogP contribution in [0.4, 0.5) is 0 Å². The fourth-order valence-corrected chi connectivity index (χ4v) is 9.95. The van der Waals surface area contributed by atoms with E-state index in [2.05, 4.69) is 0 Å². The monoisotopic (exact) mass is 866 g/mol. The smallest absolute Gasteiger partial charge is 0.338 e. The molecule has 6 aromatic rings. The molecular weight excluding hydrogens is 817 g/mol. The number of carbonyl (C=O) groups is 2. The minimum absolute atomic E-state index is 0.0516. The molecule has 0 radical (unpaired) electrons. The van der Waals surface area contributed by atoms with Gasteiger partial charge in [0.25, 0.3) is 0 Å². The highest BCUT2D eigenvalue weighted by molar-refractivity contribution is 7.25. The Morgan fingerprint density at radius 3 is 1.18 bits per heavy atom. The first-order valence-electron chi connectivity index (χ1n) is 21.3. The number of benzene rings is 4. The summed E-state index contributed by atoms with van der Waals surface area (Å²) >= 11 is 3.00. The molecule has 2 fully saturated rings. The van der Waals surface area contributed by atoms with Crippen molar-refractivity contribution in [3.05, 3.63) is 104 Å². The number of ether oxygens (including phenoxy) is 7. The zero-order valence-corrected chi connectivity index (χ0v) is 35.8. The van der Waals surface area contributed by atoms with Gasteiger partial charge in [0.05, 0.1) is 50.8 Å². The third-order valence-electron chi connectivity index (χ3n) is 11.1. The van der Waals surface area contributed by atoms with E-state index in [1.54, 1.807) is 36.4 Å². The summed E-state index contributed by atoms with van der Waals surface area (Å²) in [5.41, 5.74) is 0.507. The second-order valence-electron chi connectivity index (χ2n) is 15.5. The van der Waals surface area contributed by atoms with Crippen molar-refractivity contribution in [1.82, 2.24) is 0 Å². The fourth-order valence-electron chi connectivity index (χ4n) is 7.89. The van der Waals surface area contributed by atoms with E-state index in [0.29, 0.717) is 97.0 Å². The quantitative estimate of drug-likeness (QED) is 0.0465. The van der Waals surface area contributed by atoms with Gasteiger partial charge in [0, 0.05) is 40.3 Å². The van der Waals surface area contributed by atoms with Crippen LogP contribution in [0.3, 0.4) is 0 Å². The lowest BCUT2D eigenvalue weighted by atomic mass is 9.98. The summed E-state index contributed by atoms with van der Waals surface area (Å²) in [7, 11) is 0. The van der Waals surface area contributed by atoms with Crippen molar-refractivity contribution < 1.29 is 42.7 Å². The van der Waals surface area contributed by atoms with Gasteiger partial charge < -0.3 is 33.2 Å². The average Bonchev–Trinajstić information content (AvgIpc) is 3.29. The van der Waals surface area contributed by atoms with Crippen molar-refractivity contribution in [3.8, 4) is 11.5 Å². The molecule has 2 saturated carbocycles. The van der Waals surface area contributed by atoms with Gasteiger partial charge in [-0.05, 0) is 124 Å². The highest BCUT2D eigenvalue weighted by atomic mass is 32.1. The van der Waals surface area contributed by atoms with E-state index in [-0.39, 0.29) is 35.0 Å². The second kappa shape index (κ2) is 20.8. The van der Waals surface area contributed by atoms with E-state index in [4.69, 9.17) is 33.2 Å². The summed E-state index contributed by atoms with van der Waals surface area (Å²) in [4.78, 5) is 52.7. The summed E-state index contributed by atoms with van der Waals surface area (Å²) in [6, 6.07) is 21.4. The minimum Gasteiger partial charge on any atom is -0.491 e. The first-order valence-corrected chi connectivity index (χ1v) is 22.9. The molecule has 8 rings (SSSR count). The molecule has 2 aromatic heterocycles. The van der Waals surface area contributed by atoms with Gasteiger partial charge >= 0.3 is 11.9 Å². The molecule has 0 amide bonds. The van der Waals surface area contributed by atoms with Gasteiger partial charge in [-0.3, -0.25) is 9.59 Å². The van der Waals surface area contributed by atoms with Crippen LogP contribution in [0.5, 0.6) is 11.5 Å². The molecule has 2 aliphatic rings.